The normalized spacial score (nSPS) is 14.8. The Kier molecular flexibility index (Phi) is 6.37. The van der Waals surface area contributed by atoms with Crippen LogP contribution in [0, 0.1) is 12.8 Å². The van der Waals surface area contributed by atoms with E-state index in [2.05, 4.69) is 57.3 Å². The standard InChI is InChI=1S/C16H27NO/c1-6-15(14-9-7-13(4)8-10-14)17-16(11-18-5)12(2)3/h7-10,12,15-17H,6,11H2,1-5H3. The average Bonchev–Trinajstić information content (AvgIpc) is 2.35. The van der Waals surface area contributed by atoms with Crippen molar-refractivity contribution < 1.29 is 4.74 Å². The SMILES string of the molecule is CCC(NC(COC)C(C)C)c1ccc(C)cc1. The van der Waals surface area contributed by atoms with E-state index < -0.39 is 0 Å². The van der Waals surface area contributed by atoms with E-state index in [1.807, 2.05) is 0 Å². The summed E-state index contributed by atoms with van der Waals surface area (Å²) in [6, 6.07) is 9.62. The van der Waals surface area contributed by atoms with Crippen molar-refractivity contribution in [3.8, 4) is 0 Å². The molecule has 0 bridgehead atoms. The number of rotatable bonds is 7. The maximum atomic E-state index is 5.30. The Hall–Kier alpha value is -0.860. The van der Waals surface area contributed by atoms with Crippen LogP contribution in [0.3, 0.4) is 0 Å². The van der Waals surface area contributed by atoms with Gasteiger partial charge in [0.2, 0.25) is 0 Å². The van der Waals surface area contributed by atoms with Crippen molar-refractivity contribution >= 4 is 0 Å². The monoisotopic (exact) mass is 249 g/mol. The number of hydrogen-bond acceptors (Lipinski definition) is 2. The lowest BCUT2D eigenvalue weighted by Crippen LogP contribution is -2.40. The summed E-state index contributed by atoms with van der Waals surface area (Å²) in [4.78, 5) is 0. The highest BCUT2D eigenvalue weighted by atomic mass is 16.5. The fraction of sp³-hybridized carbons (Fsp3) is 0.625. The van der Waals surface area contributed by atoms with Gasteiger partial charge in [-0.15, -0.1) is 0 Å². The number of benzene rings is 1. The van der Waals surface area contributed by atoms with Crippen LogP contribution >= 0.6 is 0 Å². The Morgan fingerprint density at radius 2 is 1.78 bits per heavy atom. The second-order valence-electron chi connectivity index (χ2n) is 5.34. The summed E-state index contributed by atoms with van der Waals surface area (Å²) in [5.41, 5.74) is 2.68. The summed E-state index contributed by atoms with van der Waals surface area (Å²) in [7, 11) is 1.77. The molecule has 0 spiro atoms. The fourth-order valence-corrected chi connectivity index (χ4v) is 2.12. The van der Waals surface area contributed by atoms with Gasteiger partial charge in [0.15, 0.2) is 0 Å². The van der Waals surface area contributed by atoms with Gasteiger partial charge in [0.05, 0.1) is 6.61 Å². The van der Waals surface area contributed by atoms with Crippen molar-refractivity contribution in [1.29, 1.82) is 0 Å². The molecule has 2 nitrogen and oxygen atoms in total. The molecule has 0 aliphatic carbocycles. The summed E-state index contributed by atoms with van der Waals surface area (Å²) in [5.74, 6) is 0.574. The van der Waals surface area contributed by atoms with Crippen LogP contribution in [0.4, 0.5) is 0 Å². The Morgan fingerprint density at radius 1 is 1.17 bits per heavy atom. The van der Waals surface area contributed by atoms with E-state index in [-0.39, 0.29) is 0 Å². The van der Waals surface area contributed by atoms with Gasteiger partial charge in [-0.25, -0.2) is 0 Å². The predicted molar refractivity (Wildman–Crippen MR) is 77.8 cm³/mol. The van der Waals surface area contributed by atoms with Crippen LogP contribution in [0.25, 0.3) is 0 Å². The Morgan fingerprint density at radius 3 is 2.22 bits per heavy atom. The van der Waals surface area contributed by atoms with Gasteiger partial charge >= 0.3 is 0 Å². The van der Waals surface area contributed by atoms with Crippen molar-refractivity contribution in [1.82, 2.24) is 5.32 Å². The maximum absolute atomic E-state index is 5.30. The summed E-state index contributed by atoms with van der Waals surface area (Å²) in [6.07, 6.45) is 1.09. The predicted octanol–water partition coefficient (Wildman–Crippen LogP) is 3.71. The van der Waals surface area contributed by atoms with Crippen molar-refractivity contribution in [3.05, 3.63) is 35.4 Å². The Bertz CT molecular complexity index is 331. The summed E-state index contributed by atoms with van der Waals surface area (Å²) < 4.78 is 5.30. The Labute approximate surface area is 112 Å². The van der Waals surface area contributed by atoms with Crippen LogP contribution in [-0.2, 0) is 4.74 Å². The third-order valence-corrected chi connectivity index (χ3v) is 3.45. The first-order valence-electron chi connectivity index (χ1n) is 6.90. The first-order chi connectivity index (χ1) is 8.58. The number of aryl methyl sites for hydroxylation is 1. The van der Waals surface area contributed by atoms with E-state index in [9.17, 15) is 0 Å². The van der Waals surface area contributed by atoms with E-state index >= 15 is 0 Å². The van der Waals surface area contributed by atoms with Crippen LogP contribution in [0.5, 0.6) is 0 Å². The minimum absolute atomic E-state index is 0.404. The molecule has 0 aliphatic rings. The number of ether oxygens (including phenoxy) is 1. The van der Waals surface area contributed by atoms with Crippen LogP contribution in [0.1, 0.15) is 44.4 Å². The van der Waals surface area contributed by atoms with Gasteiger partial charge in [-0.2, -0.15) is 0 Å². The van der Waals surface area contributed by atoms with E-state index in [1.165, 1.54) is 11.1 Å². The topological polar surface area (TPSA) is 21.3 Å². The van der Waals surface area contributed by atoms with Crippen LogP contribution < -0.4 is 5.32 Å². The van der Waals surface area contributed by atoms with E-state index in [4.69, 9.17) is 4.74 Å². The zero-order chi connectivity index (χ0) is 13.5. The quantitative estimate of drug-likeness (QED) is 0.795. The van der Waals surface area contributed by atoms with E-state index in [0.717, 1.165) is 13.0 Å². The largest absolute Gasteiger partial charge is 0.383 e. The lowest BCUT2D eigenvalue weighted by Gasteiger charge is -2.27. The van der Waals surface area contributed by atoms with Crippen LogP contribution in [0.2, 0.25) is 0 Å². The van der Waals surface area contributed by atoms with Gasteiger partial charge in [-0.1, -0.05) is 50.6 Å². The maximum Gasteiger partial charge on any atom is 0.0618 e. The molecule has 1 aromatic carbocycles. The van der Waals surface area contributed by atoms with E-state index in [0.29, 0.717) is 18.0 Å². The molecule has 0 aliphatic heterocycles. The minimum Gasteiger partial charge on any atom is -0.383 e. The Balaban J connectivity index is 2.73. The van der Waals surface area contributed by atoms with Crippen molar-refractivity contribution in [2.75, 3.05) is 13.7 Å². The van der Waals surface area contributed by atoms with Gasteiger partial charge in [-0.3, -0.25) is 0 Å². The second-order valence-corrected chi connectivity index (χ2v) is 5.34. The van der Waals surface area contributed by atoms with Gasteiger partial charge in [0.25, 0.3) is 0 Å². The van der Waals surface area contributed by atoms with Crippen molar-refractivity contribution in [3.63, 3.8) is 0 Å². The lowest BCUT2D eigenvalue weighted by molar-refractivity contribution is 0.139. The molecular weight excluding hydrogens is 222 g/mol. The first kappa shape index (κ1) is 15.2. The zero-order valence-electron chi connectivity index (χ0n) is 12.4. The van der Waals surface area contributed by atoms with Crippen LogP contribution in [-0.4, -0.2) is 19.8 Å². The fourth-order valence-electron chi connectivity index (χ4n) is 2.12. The molecule has 0 saturated carbocycles. The van der Waals surface area contributed by atoms with Gasteiger partial charge in [0, 0.05) is 19.2 Å². The molecule has 0 fully saturated rings. The highest BCUT2D eigenvalue weighted by molar-refractivity contribution is 5.24. The summed E-state index contributed by atoms with van der Waals surface area (Å²) in [5, 5.41) is 3.71. The molecular formula is C16H27NO. The molecule has 0 aromatic heterocycles. The number of hydrogen-bond donors (Lipinski definition) is 1. The summed E-state index contributed by atoms with van der Waals surface area (Å²) in [6.45, 7) is 9.58. The molecule has 0 amide bonds. The molecule has 2 unspecified atom stereocenters. The second kappa shape index (κ2) is 7.55. The molecule has 18 heavy (non-hydrogen) atoms. The number of nitrogens with one attached hydrogen (secondary N) is 1. The third kappa shape index (κ3) is 4.43. The van der Waals surface area contributed by atoms with Crippen molar-refractivity contribution in [2.45, 2.75) is 46.2 Å². The molecule has 1 N–H and O–H groups in total. The van der Waals surface area contributed by atoms with Crippen LogP contribution in [0.15, 0.2) is 24.3 Å². The van der Waals surface area contributed by atoms with Crippen molar-refractivity contribution in [2.24, 2.45) is 5.92 Å². The first-order valence-corrected chi connectivity index (χ1v) is 6.90. The van der Waals surface area contributed by atoms with Gasteiger partial charge in [-0.05, 0) is 24.8 Å². The lowest BCUT2D eigenvalue weighted by atomic mass is 9.99. The molecule has 0 saturated heterocycles. The molecule has 0 heterocycles. The van der Waals surface area contributed by atoms with Gasteiger partial charge in [0.1, 0.15) is 0 Å². The molecule has 0 radical (unpaired) electrons. The minimum atomic E-state index is 0.404. The highest BCUT2D eigenvalue weighted by Crippen LogP contribution is 2.19. The number of methoxy groups -OCH3 is 1. The summed E-state index contributed by atoms with van der Waals surface area (Å²) >= 11 is 0. The zero-order valence-corrected chi connectivity index (χ0v) is 12.4. The third-order valence-electron chi connectivity index (χ3n) is 3.45. The molecule has 102 valence electrons. The highest BCUT2D eigenvalue weighted by Gasteiger charge is 2.18. The smallest absolute Gasteiger partial charge is 0.0618 e. The molecule has 2 heteroatoms. The molecule has 1 rings (SSSR count). The molecule has 1 aromatic rings. The average molecular weight is 249 g/mol. The van der Waals surface area contributed by atoms with E-state index in [1.54, 1.807) is 7.11 Å². The molecule has 2 atom stereocenters. The van der Waals surface area contributed by atoms with Gasteiger partial charge < -0.3 is 10.1 Å².